The molecule has 4 aromatic rings. The maximum absolute atomic E-state index is 13.2. The number of anilines is 2. The summed E-state index contributed by atoms with van der Waals surface area (Å²) >= 11 is 5.86. The second-order valence-electron chi connectivity index (χ2n) is 7.38. The second kappa shape index (κ2) is 10.9. The number of non-ortho nitro benzene ring substituents is 1. The third kappa shape index (κ3) is 6.12. The van der Waals surface area contributed by atoms with Crippen molar-refractivity contribution in [1.29, 1.82) is 0 Å². The molecule has 0 fully saturated rings. The Morgan fingerprint density at radius 1 is 0.919 bits per heavy atom. The van der Waals surface area contributed by atoms with E-state index in [4.69, 9.17) is 11.6 Å². The number of aromatic nitrogens is 2. The van der Waals surface area contributed by atoms with Gasteiger partial charge in [-0.15, -0.1) is 0 Å². The molecule has 0 radical (unpaired) electrons. The van der Waals surface area contributed by atoms with E-state index in [1.54, 1.807) is 30.3 Å². The van der Waals surface area contributed by atoms with Gasteiger partial charge in [0.25, 0.3) is 15.7 Å². The third-order valence-corrected chi connectivity index (χ3v) is 6.54. The minimum atomic E-state index is -4.34. The normalized spacial score (nSPS) is 11.5. The number of hydrazone groups is 1. The maximum atomic E-state index is 13.2. The molecule has 0 aliphatic rings. The smallest absolute Gasteiger partial charge is 0.270 e. The monoisotopic (exact) mass is 536 g/mol. The van der Waals surface area contributed by atoms with Gasteiger partial charge in [0.1, 0.15) is 10.6 Å². The predicted octanol–water partition coefficient (Wildman–Crippen LogP) is 4.54. The highest BCUT2D eigenvalue weighted by atomic mass is 35.5. The van der Waals surface area contributed by atoms with Crippen molar-refractivity contribution < 1.29 is 18.1 Å². The Hall–Kier alpha value is -4.68. The van der Waals surface area contributed by atoms with Crippen LogP contribution in [0.4, 0.5) is 17.1 Å². The number of nitro groups is 1. The topological polar surface area (TPSA) is 157 Å². The van der Waals surface area contributed by atoms with Crippen molar-refractivity contribution in [2.75, 3.05) is 10.1 Å². The summed E-state index contributed by atoms with van der Waals surface area (Å²) in [5.41, 5.74) is 2.33. The summed E-state index contributed by atoms with van der Waals surface area (Å²) < 4.78 is 28.8. The van der Waals surface area contributed by atoms with Crippen molar-refractivity contribution in [3.63, 3.8) is 0 Å². The van der Waals surface area contributed by atoms with Gasteiger partial charge in [0, 0.05) is 35.2 Å². The van der Waals surface area contributed by atoms with Crippen LogP contribution in [0.25, 0.3) is 0 Å². The van der Waals surface area contributed by atoms with Crippen LogP contribution >= 0.6 is 11.6 Å². The van der Waals surface area contributed by atoms with Gasteiger partial charge < -0.3 is 0 Å². The molecule has 0 aliphatic carbocycles. The Labute approximate surface area is 216 Å². The van der Waals surface area contributed by atoms with Gasteiger partial charge in [-0.2, -0.15) is 5.10 Å². The van der Waals surface area contributed by atoms with E-state index in [1.165, 1.54) is 48.8 Å². The number of ketones is 1. The summed E-state index contributed by atoms with van der Waals surface area (Å²) in [5.74, 6) is -0.572. The average molecular weight is 537 g/mol. The van der Waals surface area contributed by atoms with Gasteiger partial charge in [0.15, 0.2) is 5.71 Å². The maximum Gasteiger partial charge on any atom is 0.270 e. The summed E-state index contributed by atoms with van der Waals surface area (Å²) in [4.78, 5) is 31.5. The summed E-state index contributed by atoms with van der Waals surface area (Å²) in [6, 6.07) is 18.7. The van der Waals surface area contributed by atoms with Gasteiger partial charge in [0.05, 0.1) is 16.3 Å². The SMILES string of the molecule is O=C(C(=NNc1ccc([N+](=O)[O-])cc1S(=O)(=O)Nc1ccc(Cl)cc1)c1ccccn1)c1ccccn1. The zero-order valence-electron chi connectivity index (χ0n) is 18.8. The van der Waals surface area contributed by atoms with Gasteiger partial charge in [-0.3, -0.25) is 35.0 Å². The van der Waals surface area contributed by atoms with Crippen molar-refractivity contribution in [3.8, 4) is 0 Å². The van der Waals surface area contributed by atoms with Crippen LogP contribution in [0.5, 0.6) is 0 Å². The Balaban J connectivity index is 1.77. The standard InChI is InChI=1S/C24H17ClN6O5S/c25-16-7-9-17(10-8-16)30-37(35,36)22-15-18(31(33)34)11-12-19(22)28-29-23(20-5-1-3-13-26-20)24(32)21-6-2-4-14-27-21/h1-15,28,30H. The molecule has 0 aliphatic heterocycles. The minimum Gasteiger partial charge on any atom is -0.285 e. The molecule has 13 heteroatoms. The molecule has 2 N–H and O–H groups in total. The number of halogens is 1. The fraction of sp³-hybridized carbons (Fsp3) is 0. The number of carbonyl (C=O) groups excluding carboxylic acids is 1. The number of pyridine rings is 2. The van der Waals surface area contributed by atoms with Crippen molar-refractivity contribution >= 4 is 50.2 Å². The van der Waals surface area contributed by atoms with Crippen LogP contribution in [0, 0.1) is 10.1 Å². The Morgan fingerprint density at radius 3 is 2.16 bits per heavy atom. The van der Waals surface area contributed by atoms with E-state index >= 15 is 0 Å². The van der Waals surface area contributed by atoms with Crippen LogP contribution in [0.2, 0.25) is 5.02 Å². The highest BCUT2D eigenvalue weighted by Gasteiger charge is 2.24. The zero-order valence-corrected chi connectivity index (χ0v) is 20.3. The molecular weight excluding hydrogens is 520 g/mol. The number of rotatable bonds is 9. The quantitative estimate of drug-likeness (QED) is 0.137. The van der Waals surface area contributed by atoms with E-state index in [2.05, 4.69) is 25.2 Å². The van der Waals surface area contributed by atoms with E-state index in [0.29, 0.717) is 5.02 Å². The molecule has 0 atom stereocenters. The van der Waals surface area contributed by atoms with E-state index in [0.717, 1.165) is 12.1 Å². The van der Waals surface area contributed by atoms with Crippen molar-refractivity contribution in [2.45, 2.75) is 4.90 Å². The van der Waals surface area contributed by atoms with Gasteiger partial charge in [-0.25, -0.2) is 8.42 Å². The first-order chi connectivity index (χ1) is 17.7. The number of benzene rings is 2. The van der Waals surface area contributed by atoms with E-state index < -0.39 is 31.3 Å². The summed E-state index contributed by atoms with van der Waals surface area (Å²) in [6.45, 7) is 0. The first-order valence-corrected chi connectivity index (χ1v) is 12.4. The largest absolute Gasteiger partial charge is 0.285 e. The van der Waals surface area contributed by atoms with Gasteiger partial charge in [-0.1, -0.05) is 23.7 Å². The number of nitrogens with zero attached hydrogens (tertiary/aromatic N) is 4. The number of carbonyl (C=O) groups is 1. The molecular formula is C24H17ClN6O5S. The minimum absolute atomic E-state index is 0.0923. The van der Waals surface area contributed by atoms with E-state index in [1.807, 2.05) is 0 Å². The molecule has 2 heterocycles. The molecule has 0 bridgehead atoms. The van der Waals surface area contributed by atoms with Crippen LogP contribution in [0.3, 0.4) is 0 Å². The van der Waals surface area contributed by atoms with Crippen molar-refractivity contribution in [2.24, 2.45) is 5.10 Å². The molecule has 0 amide bonds. The van der Waals surface area contributed by atoms with E-state index in [-0.39, 0.29) is 28.5 Å². The highest BCUT2D eigenvalue weighted by molar-refractivity contribution is 7.92. The molecule has 0 saturated heterocycles. The number of nitrogens with one attached hydrogen (secondary N) is 2. The van der Waals surface area contributed by atoms with Crippen LogP contribution in [0.15, 0.2) is 101 Å². The summed E-state index contributed by atoms with van der Waals surface area (Å²) in [6.07, 6.45) is 2.91. The number of hydrogen-bond donors (Lipinski definition) is 2. The lowest BCUT2D eigenvalue weighted by Gasteiger charge is -2.13. The van der Waals surface area contributed by atoms with Crippen LogP contribution in [0.1, 0.15) is 16.2 Å². The van der Waals surface area contributed by atoms with Crippen LogP contribution in [-0.2, 0) is 10.0 Å². The Bertz CT molecular complexity index is 1580. The Kier molecular flexibility index (Phi) is 7.51. The molecule has 4 rings (SSSR count). The molecule has 2 aromatic carbocycles. The van der Waals surface area contributed by atoms with Gasteiger partial charge in [0.2, 0.25) is 5.78 Å². The van der Waals surface area contributed by atoms with Gasteiger partial charge in [-0.05, 0) is 54.6 Å². The predicted molar refractivity (Wildman–Crippen MR) is 138 cm³/mol. The molecule has 37 heavy (non-hydrogen) atoms. The zero-order chi connectivity index (χ0) is 26.4. The second-order valence-corrected chi connectivity index (χ2v) is 9.47. The third-order valence-electron chi connectivity index (χ3n) is 4.87. The summed E-state index contributed by atoms with van der Waals surface area (Å²) in [7, 11) is -4.34. The number of sulfonamides is 1. The first-order valence-electron chi connectivity index (χ1n) is 10.5. The lowest BCUT2D eigenvalue weighted by molar-refractivity contribution is -0.385. The lowest BCUT2D eigenvalue weighted by atomic mass is 10.1. The van der Waals surface area contributed by atoms with Crippen LogP contribution in [-0.4, -0.2) is 34.8 Å². The first kappa shape index (κ1) is 25.4. The van der Waals surface area contributed by atoms with Crippen LogP contribution < -0.4 is 10.1 Å². The fourth-order valence-electron chi connectivity index (χ4n) is 3.13. The Morgan fingerprint density at radius 2 is 1.57 bits per heavy atom. The molecule has 0 unspecified atom stereocenters. The van der Waals surface area contributed by atoms with E-state index in [9.17, 15) is 23.3 Å². The molecule has 0 saturated carbocycles. The summed E-state index contributed by atoms with van der Waals surface area (Å²) in [5, 5.41) is 15.9. The van der Waals surface area contributed by atoms with Crippen molar-refractivity contribution in [1.82, 2.24) is 9.97 Å². The average Bonchev–Trinajstić information content (AvgIpc) is 2.91. The molecule has 0 spiro atoms. The lowest BCUT2D eigenvalue weighted by Crippen LogP contribution is -2.20. The highest BCUT2D eigenvalue weighted by Crippen LogP contribution is 2.29. The fourth-order valence-corrected chi connectivity index (χ4v) is 4.49. The number of nitro benzene ring substituents is 1. The molecule has 186 valence electrons. The van der Waals surface area contributed by atoms with Gasteiger partial charge >= 0.3 is 0 Å². The number of hydrogen-bond acceptors (Lipinski definition) is 9. The molecule has 11 nitrogen and oxygen atoms in total. The van der Waals surface area contributed by atoms with Crippen molar-refractivity contribution in [3.05, 3.63) is 118 Å². The molecule has 2 aromatic heterocycles. The number of Topliss-reactive ketones (excluding diaryl/α,β-unsaturated/α-hetero) is 1.